The van der Waals surface area contributed by atoms with Gasteiger partial charge in [0.05, 0.1) is 40.4 Å². The predicted octanol–water partition coefficient (Wildman–Crippen LogP) is 2.93. The number of carbonyl (C=O) groups is 2. The van der Waals surface area contributed by atoms with Crippen molar-refractivity contribution in [1.29, 1.82) is 0 Å². The molecule has 0 aliphatic carbocycles. The Morgan fingerprint density at radius 2 is 1.79 bits per heavy atom. The topological polar surface area (TPSA) is 121 Å². The Hall–Kier alpha value is -3.54. The molecule has 9 nitrogen and oxygen atoms in total. The average Bonchev–Trinajstić information content (AvgIpc) is 3.12. The number of anilines is 2. The van der Waals surface area contributed by atoms with E-state index in [1.165, 1.54) is 30.7 Å². The third-order valence-corrected chi connectivity index (χ3v) is 5.28. The molecule has 2 amide bonds. The molecular formula is C22H20ClF2N7O2. The zero-order chi connectivity index (χ0) is 24.1. The molecule has 3 heterocycles. The maximum absolute atomic E-state index is 13.9. The first-order valence-electron chi connectivity index (χ1n) is 10.4. The predicted molar refractivity (Wildman–Crippen MR) is 122 cm³/mol. The molecule has 12 heteroatoms. The number of pyridine rings is 1. The van der Waals surface area contributed by atoms with Gasteiger partial charge in [0.25, 0.3) is 11.8 Å². The van der Waals surface area contributed by atoms with Gasteiger partial charge >= 0.3 is 0 Å². The van der Waals surface area contributed by atoms with Crippen molar-refractivity contribution in [2.75, 3.05) is 30.3 Å². The Labute approximate surface area is 198 Å². The highest BCUT2D eigenvalue weighted by Gasteiger charge is 2.21. The van der Waals surface area contributed by atoms with Crippen molar-refractivity contribution < 1.29 is 18.4 Å². The summed E-state index contributed by atoms with van der Waals surface area (Å²) in [4.78, 5) is 37.8. The number of halogens is 3. The Morgan fingerprint density at radius 3 is 2.53 bits per heavy atom. The van der Waals surface area contributed by atoms with Crippen molar-refractivity contribution in [3.63, 3.8) is 0 Å². The molecule has 4 N–H and O–H groups in total. The second-order valence-electron chi connectivity index (χ2n) is 7.47. The van der Waals surface area contributed by atoms with Crippen molar-refractivity contribution in [3.05, 3.63) is 76.5 Å². The van der Waals surface area contributed by atoms with E-state index in [0.717, 1.165) is 25.6 Å². The highest BCUT2D eigenvalue weighted by Crippen LogP contribution is 2.22. The second kappa shape index (κ2) is 10.6. The summed E-state index contributed by atoms with van der Waals surface area (Å²) in [6.07, 6.45) is 5.07. The number of nitrogens with one attached hydrogen (secondary N) is 4. The quantitative estimate of drug-likeness (QED) is 0.436. The Morgan fingerprint density at radius 1 is 0.971 bits per heavy atom. The molecule has 2 aromatic heterocycles. The lowest BCUT2D eigenvalue weighted by molar-refractivity contribution is 0.102. The summed E-state index contributed by atoms with van der Waals surface area (Å²) in [5.74, 6) is -3.89. The van der Waals surface area contributed by atoms with Gasteiger partial charge in [-0.05, 0) is 37.7 Å². The van der Waals surface area contributed by atoms with Crippen molar-refractivity contribution in [1.82, 2.24) is 25.6 Å². The molecule has 1 fully saturated rings. The fourth-order valence-electron chi connectivity index (χ4n) is 3.31. The van der Waals surface area contributed by atoms with E-state index in [0.29, 0.717) is 23.3 Å². The van der Waals surface area contributed by atoms with Gasteiger partial charge in [-0.25, -0.2) is 18.7 Å². The fraction of sp³-hybridized carbons (Fsp3) is 0.227. The van der Waals surface area contributed by atoms with Gasteiger partial charge in [-0.15, -0.1) is 0 Å². The second-order valence-corrected chi connectivity index (χ2v) is 7.91. The number of nitrogens with zero attached hydrogens (tertiary/aromatic N) is 3. The van der Waals surface area contributed by atoms with Crippen molar-refractivity contribution in [2.45, 2.75) is 12.5 Å². The molecule has 1 aliphatic rings. The monoisotopic (exact) mass is 487 g/mol. The number of amides is 2. The van der Waals surface area contributed by atoms with Gasteiger partial charge in [-0.2, -0.15) is 0 Å². The van der Waals surface area contributed by atoms with Crippen molar-refractivity contribution in [3.8, 4) is 0 Å². The van der Waals surface area contributed by atoms with E-state index >= 15 is 0 Å². The van der Waals surface area contributed by atoms with Gasteiger partial charge in [-0.3, -0.25) is 14.6 Å². The highest BCUT2D eigenvalue weighted by molar-refractivity contribution is 6.30. The van der Waals surface area contributed by atoms with Crippen LogP contribution in [0.4, 0.5) is 20.3 Å². The zero-order valence-corrected chi connectivity index (χ0v) is 18.5. The summed E-state index contributed by atoms with van der Waals surface area (Å²) in [5.41, 5.74) is 0.0632. The van der Waals surface area contributed by atoms with Gasteiger partial charge in [0, 0.05) is 18.8 Å². The molecule has 1 atom stereocenters. The molecule has 0 saturated carbocycles. The minimum atomic E-state index is -1.25. The van der Waals surface area contributed by atoms with Crippen LogP contribution in [0.5, 0.6) is 0 Å². The summed E-state index contributed by atoms with van der Waals surface area (Å²) in [7, 11) is 0. The van der Waals surface area contributed by atoms with E-state index in [4.69, 9.17) is 11.6 Å². The van der Waals surface area contributed by atoms with Crippen LogP contribution in [0, 0.1) is 11.6 Å². The van der Waals surface area contributed by atoms with Crippen LogP contribution in [0.25, 0.3) is 0 Å². The van der Waals surface area contributed by atoms with Crippen LogP contribution >= 0.6 is 11.6 Å². The SMILES string of the molecule is O=C(Nc1cc(F)c(F)cc1C(=O)Nc1ccc(Cl)cn1)c1cnc(C2CNCCCN2)cn1. The van der Waals surface area contributed by atoms with Crippen LogP contribution in [0.15, 0.2) is 42.9 Å². The van der Waals surface area contributed by atoms with Crippen LogP contribution in [0.1, 0.15) is 39.0 Å². The molecule has 4 rings (SSSR count). The van der Waals surface area contributed by atoms with Crippen LogP contribution < -0.4 is 21.3 Å². The van der Waals surface area contributed by atoms with Crippen LogP contribution in [0.3, 0.4) is 0 Å². The molecule has 3 aromatic rings. The number of hydrogen-bond donors (Lipinski definition) is 4. The lowest BCUT2D eigenvalue weighted by atomic mass is 10.1. The largest absolute Gasteiger partial charge is 0.320 e. The van der Waals surface area contributed by atoms with Crippen LogP contribution in [-0.4, -0.2) is 46.4 Å². The van der Waals surface area contributed by atoms with Gasteiger partial charge in [0.1, 0.15) is 11.5 Å². The first-order chi connectivity index (χ1) is 16.4. The van der Waals surface area contributed by atoms with E-state index < -0.39 is 23.4 Å². The van der Waals surface area contributed by atoms with Gasteiger partial charge in [0.15, 0.2) is 11.6 Å². The van der Waals surface area contributed by atoms with Gasteiger partial charge in [0.2, 0.25) is 0 Å². The number of aromatic nitrogens is 3. The minimum absolute atomic E-state index is 0.0462. The first kappa shape index (κ1) is 23.6. The lowest BCUT2D eigenvalue weighted by Gasteiger charge is -2.15. The minimum Gasteiger partial charge on any atom is -0.320 e. The first-order valence-corrected chi connectivity index (χ1v) is 10.8. The summed E-state index contributed by atoms with van der Waals surface area (Å²) in [6, 6.07) is 4.31. The van der Waals surface area contributed by atoms with Crippen molar-refractivity contribution >= 4 is 34.9 Å². The van der Waals surface area contributed by atoms with Crippen LogP contribution in [-0.2, 0) is 0 Å². The Balaban J connectivity index is 1.52. The molecule has 34 heavy (non-hydrogen) atoms. The van der Waals surface area contributed by atoms with Crippen LogP contribution in [0.2, 0.25) is 5.02 Å². The average molecular weight is 488 g/mol. The summed E-state index contributed by atoms with van der Waals surface area (Å²) >= 11 is 5.77. The molecule has 0 spiro atoms. The molecule has 0 bridgehead atoms. The smallest absolute Gasteiger partial charge is 0.275 e. The maximum atomic E-state index is 13.9. The standard InChI is InChI=1S/C22H20ClF2N7O2/c23-12-2-3-20(30-8-12)32-21(33)13-6-14(24)15(25)7-16(13)31-22(34)19-11-28-18(10-29-19)17-9-26-4-1-5-27-17/h2-3,6-8,10-11,17,26-27H,1,4-5,9H2,(H,31,34)(H,30,32,33). The third kappa shape index (κ3) is 5.68. The molecule has 0 radical (unpaired) electrons. The Bertz CT molecular complexity index is 1190. The molecule has 1 aliphatic heterocycles. The highest BCUT2D eigenvalue weighted by atomic mass is 35.5. The summed E-state index contributed by atoms with van der Waals surface area (Å²) < 4.78 is 27.8. The van der Waals surface area contributed by atoms with E-state index in [1.807, 2.05) is 0 Å². The van der Waals surface area contributed by atoms with E-state index in [2.05, 4.69) is 36.2 Å². The number of carbonyl (C=O) groups excluding carboxylic acids is 2. The molecule has 1 aromatic carbocycles. The van der Waals surface area contributed by atoms with E-state index in [1.54, 1.807) is 0 Å². The summed E-state index contributed by atoms with van der Waals surface area (Å²) in [6.45, 7) is 2.40. The maximum Gasteiger partial charge on any atom is 0.275 e. The van der Waals surface area contributed by atoms with Gasteiger partial charge in [-0.1, -0.05) is 11.6 Å². The molecule has 1 unspecified atom stereocenters. The number of hydrogen-bond acceptors (Lipinski definition) is 7. The number of rotatable bonds is 5. The van der Waals surface area contributed by atoms with E-state index in [9.17, 15) is 18.4 Å². The molecule has 176 valence electrons. The normalized spacial score (nSPS) is 15.9. The Kier molecular flexibility index (Phi) is 7.36. The van der Waals surface area contributed by atoms with Gasteiger partial charge < -0.3 is 21.3 Å². The summed E-state index contributed by atoms with van der Waals surface area (Å²) in [5, 5.41) is 11.8. The number of benzene rings is 1. The lowest BCUT2D eigenvalue weighted by Crippen LogP contribution is -2.28. The zero-order valence-electron chi connectivity index (χ0n) is 17.7. The molecule has 1 saturated heterocycles. The molecular weight excluding hydrogens is 468 g/mol. The fourth-order valence-corrected chi connectivity index (χ4v) is 3.42. The van der Waals surface area contributed by atoms with Crippen molar-refractivity contribution in [2.24, 2.45) is 0 Å². The third-order valence-electron chi connectivity index (χ3n) is 5.05. The van der Waals surface area contributed by atoms with E-state index in [-0.39, 0.29) is 28.8 Å².